The summed E-state index contributed by atoms with van der Waals surface area (Å²) in [4.78, 5) is 0. The number of nitrogens with zero attached hydrogens (tertiary/aromatic N) is 1. The highest BCUT2D eigenvalue weighted by molar-refractivity contribution is 5.56. The normalized spacial score (nSPS) is 10.9. The molecule has 2 rings (SSSR count). The molecule has 1 N–H and O–H groups in total. The Bertz CT molecular complexity index is 629. The molecule has 1 aromatic heterocycles. The van der Waals surface area contributed by atoms with Gasteiger partial charge >= 0.3 is 6.36 Å². The molecular weight excluding hydrogens is 273 g/mol. The summed E-state index contributed by atoms with van der Waals surface area (Å²) in [6.07, 6.45) is -4.75. The van der Waals surface area contributed by atoms with Gasteiger partial charge in [-0.25, -0.2) is 0 Å². The average molecular weight is 282 g/mol. The van der Waals surface area contributed by atoms with Gasteiger partial charge in [-0.3, -0.25) is 0 Å². The Hall–Kier alpha value is -2.62. The number of para-hydroxylation sites is 2. The minimum Gasteiger partial charge on any atom is -0.449 e. The molecule has 0 aliphatic rings. The summed E-state index contributed by atoms with van der Waals surface area (Å²) in [5.74, 6) is 0.247. The van der Waals surface area contributed by atoms with Crippen LogP contribution in [-0.2, 0) is 6.54 Å². The highest BCUT2D eigenvalue weighted by atomic mass is 19.4. The molecular formula is C13H9F3N2O2. The third-order valence-electron chi connectivity index (χ3n) is 2.34. The summed E-state index contributed by atoms with van der Waals surface area (Å²) in [5, 5.41) is 11.4. The Morgan fingerprint density at radius 2 is 1.95 bits per heavy atom. The lowest BCUT2D eigenvalue weighted by Crippen LogP contribution is -2.18. The van der Waals surface area contributed by atoms with Crippen LogP contribution < -0.4 is 10.1 Å². The van der Waals surface area contributed by atoms with Crippen LogP contribution in [0.3, 0.4) is 0 Å². The summed E-state index contributed by atoms with van der Waals surface area (Å²) in [6, 6.07) is 10.5. The third kappa shape index (κ3) is 3.68. The first-order chi connectivity index (χ1) is 9.48. The summed E-state index contributed by atoms with van der Waals surface area (Å²) in [6.45, 7) is 0.139. The van der Waals surface area contributed by atoms with Crippen molar-refractivity contribution in [2.45, 2.75) is 12.9 Å². The number of hydrogen-bond acceptors (Lipinski definition) is 4. The number of nitriles is 1. The topological polar surface area (TPSA) is 58.2 Å². The first kappa shape index (κ1) is 13.8. The Labute approximate surface area is 112 Å². The van der Waals surface area contributed by atoms with Gasteiger partial charge in [0.2, 0.25) is 5.76 Å². The average Bonchev–Trinajstić information content (AvgIpc) is 2.84. The molecule has 0 amide bonds. The van der Waals surface area contributed by atoms with Crippen molar-refractivity contribution in [3.63, 3.8) is 0 Å². The van der Waals surface area contributed by atoms with Crippen molar-refractivity contribution in [3.05, 3.63) is 47.9 Å². The van der Waals surface area contributed by atoms with Crippen LogP contribution in [-0.4, -0.2) is 6.36 Å². The van der Waals surface area contributed by atoms with Gasteiger partial charge in [0, 0.05) is 0 Å². The van der Waals surface area contributed by atoms with Gasteiger partial charge in [-0.15, -0.1) is 13.2 Å². The Morgan fingerprint density at radius 1 is 1.20 bits per heavy atom. The van der Waals surface area contributed by atoms with Gasteiger partial charge in [-0.2, -0.15) is 5.26 Å². The van der Waals surface area contributed by atoms with Gasteiger partial charge in [0.05, 0.1) is 12.2 Å². The molecule has 0 spiro atoms. The summed E-state index contributed by atoms with van der Waals surface area (Å²) in [5.41, 5.74) is 0.180. The maximum atomic E-state index is 12.2. The minimum absolute atomic E-state index is 0.139. The molecule has 2 aromatic rings. The van der Waals surface area contributed by atoms with E-state index in [0.717, 1.165) is 0 Å². The van der Waals surface area contributed by atoms with Crippen molar-refractivity contribution >= 4 is 5.69 Å². The van der Waals surface area contributed by atoms with Crippen LogP contribution in [0, 0.1) is 11.3 Å². The van der Waals surface area contributed by atoms with Crippen molar-refractivity contribution in [2.24, 2.45) is 0 Å². The molecule has 0 fully saturated rings. The van der Waals surface area contributed by atoms with Crippen molar-refractivity contribution in [1.29, 1.82) is 5.26 Å². The second-order valence-corrected chi connectivity index (χ2v) is 3.78. The van der Waals surface area contributed by atoms with E-state index >= 15 is 0 Å². The van der Waals surface area contributed by atoms with E-state index in [2.05, 4.69) is 10.1 Å². The maximum Gasteiger partial charge on any atom is 0.573 e. The predicted molar refractivity (Wildman–Crippen MR) is 63.9 cm³/mol. The number of ether oxygens (including phenoxy) is 1. The molecule has 0 atom stereocenters. The number of alkyl halides is 3. The van der Waals surface area contributed by atoms with E-state index in [0.29, 0.717) is 5.76 Å². The van der Waals surface area contributed by atoms with Crippen LogP contribution in [0.15, 0.2) is 40.8 Å². The quantitative estimate of drug-likeness (QED) is 0.929. The monoisotopic (exact) mass is 282 g/mol. The number of hydrogen-bond donors (Lipinski definition) is 1. The lowest BCUT2D eigenvalue weighted by atomic mass is 10.3. The van der Waals surface area contributed by atoms with Crippen LogP contribution in [0.1, 0.15) is 11.5 Å². The van der Waals surface area contributed by atoms with Crippen LogP contribution >= 0.6 is 0 Å². The van der Waals surface area contributed by atoms with Crippen molar-refractivity contribution in [1.82, 2.24) is 0 Å². The first-order valence-corrected chi connectivity index (χ1v) is 5.55. The highest BCUT2D eigenvalue weighted by Gasteiger charge is 2.32. The van der Waals surface area contributed by atoms with Crippen LogP contribution in [0.2, 0.25) is 0 Å². The molecule has 0 saturated heterocycles. The van der Waals surface area contributed by atoms with E-state index in [4.69, 9.17) is 9.68 Å². The van der Waals surface area contributed by atoms with Crippen LogP contribution in [0.5, 0.6) is 5.75 Å². The summed E-state index contributed by atoms with van der Waals surface area (Å²) < 4.78 is 45.7. The fraction of sp³-hybridized carbons (Fsp3) is 0.154. The highest BCUT2D eigenvalue weighted by Crippen LogP contribution is 2.30. The molecule has 1 aromatic carbocycles. The number of anilines is 1. The fourth-order valence-electron chi connectivity index (χ4n) is 1.54. The Morgan fingerprint density at radius 3 is 2.60 bits per heavy atom. The van der Waals surface area contributed by atoms with Crippen molar-refractivity contribution in [3.8, 4) is 11.8 Å². The molecule has 0 unspecified atom stereocenters. The van der Waals surface area contributed by atoms with Gasteiger partial charge in [0.15, 0.2) is 5.75 Å². The molecule has 7 heteroatoms. The van der Waals surface area contributed by atoms with Gasteiger partial charge in [0.25, 0.3) is 0 Å². The van der Waals surface area contributed by atoms with Gasteiger partial charge < -0.3 is 14.5 Å². The lowest BCUT2D eigenvalue weighted by molar-refractivity contribution is -0.274. The molecule has 104 valence electrons. The molecule has 4 nitrogen and oxygen atoms in total. The summed E-state index contributed by atoms with van der Waals surface area (Å²) >= 11 is 0. The second kappa shape index (κ2) is 5.57. The molecule has 1 heterocycles. The van der Waals surface area contributed by atoms with E-state index in [1.165, 1.54) is 24.3 Å². The van der Waals surface area contributed by atoms with Crippen molar-refractivity contribution < 1.29 is 22.3 Å². The summed E-state index contributed by atoms with van der Waals surface area (Å²) in [7, 11) is 0. The first-order valence-electron chi connectivity index (χ1n) is 5.55. The minimum atomic E-state index is -4.75. The molecule has 0 aliphatic carbocycles. The number of furan rings is 1. The maximum absolute atomic E-state index is 12.2. The zero-order valence-electron chi connectivity index (χ0n) is 10.1. The molecule has 0 radical (unpaired) electrons. The fourth-order valence-corrected chi connectivity index (χ4v) is 1.54. The van der Waals surface area contributed by atoms with Crippen LogP contribution in [0.4, 0.5) is 18.9 Å². The number of rotatable bonds is 4. The standard InChI is InChI=1S/C13H9F3N2O2/c14-13(15,16)20-12-4-2-1-3-11(12)18-8-10-6-5-9(7-17)19-10/h1-6,18H,8H2. The van der Waals surface area contributed by atoms with E-state index in [1.807, 2.05) is 6.07 Å². The van der Waals surface area contributed by atoms with Crippen LogP contribution in [0.25, 0.3) is 0 Å². The van der Waals surface area contributed by atoms with E-state index in [-0.39, 0.29) is 23.7 Å². The number of nitrogens with one attached hydrogen (secondary N) is 1. The largest absolute Gasteiger partial charge is 0.573 e. The zero-order valence-corrected chi connectivity index (χ0v) is 10.1. The van der Waals surface area contributed by atoms with E-state index in [1.54, 1.807) is 12.1 Å². The molecule has 0 aliphatic heterocycles. The van der Waals surface area contributed by atoms with Gasteiger partial charge in [-0.05, 0) is 24.3 Å². The molecule has 20 heavy (non-hydrogen) atoms. The molecule has 0 saturated carbocycles. The number of halogens is 3. The zero-order chi connectivity index (χ0) is 14.6. The Balaban J connectivity index is 2.07. The van der Waals surface area contributed by atoms with Gasteiger partial charge in [-0.1, -0.05) is 12.1 Å². The molecule has 0 bridgehead atoms. The Kier molecular flexibility index (Phi) is 3.84. The van der Waals surface area contributed by atoms with Gasteiger partial charge in [0.1, 0.15) is 11.8 Å². The smallest absolute Gasteiger partial charge is 0.449 e. The van der Waals surface area contributed by atoms with E-state index in [9.17, 15) is 13.2 Å². The second-order valence-electron chi connectivity index (χ2n) is 3.78. The lowest BCUT2D eigenvalue weighted by Gasteiger charge is -2.13. The van der Waals surface area contributed by atoms with E-state index < -0.39 is 6.36 Å². The number of benzene rings is 1. The predicted octanol–water partition coefficient (Wildman–Crippen LogP) is 3.66. The SMILES string of the molecule is N#Cc1ccc(CNc2ccccc2OC(F)(F)F)o1. The third-order valence-corrected chi connectivity index (χ3v) is 2.34. The van der Waals surface area contributed by atoms with Crippen molar-refractivity contribution in [2.75, 3.05) is 5.32 Å².